The van der Waals surface area contributed by atoms with Crippen molar-refractivity contribution in [2.24, 2.45) is 16.7 Å². The molecule has 0 aromatic heterocycles. The second-order valence-electron chi connectivity index (χ2n) is 8.46. The summed E-state index contributed by atoms with van der Waals surface area (Å²) in [5, 5.41) is 9.29. The molecule has 0 bridgehead atoms. The van der Waals surface area contributed by atoms with Gasteiger partial charge in [0.25, 0.3) is 0 Å². The molecule has 0 radical (unpaired) electrons. The molecule has 2 rings (SSSR count). The number of nitriles is 1. The summed E-state index contributed by atoms with van der Waals surface area (Å²) in [6.07, 6.45) is 1.83. The molecule has 5 nitrogen and oxygen atoms in total. The molecule has 2 atom stereocenters. The Morgan fingerprint density at radius 1 is 1.41 bits per heavy atom. The first kappa shape index (κ1) is 16.8. The molecule has 1 saturated heterocycles. The number of hydrogen-bond donors (Lipinski definition) is 0. The summed E-state index contributed by atoms with van der Waals surface area (Å²) in [4.78, 5) is 26.3. The number of carbonyl (C=O) groups excluding carboxylic acids is 2. The fraction of sp³-hybridized carbons (Fsp3) is 0.824. The van der Waals surface area contributed by atoms with Crippen LogP contribution in [0, 0.1) is 28.1 Å². The zero-order valence-electron chi connectivity index (χ0n) is 14.2. The first-order valence-electron chi connectivity index (χ1n) is 7.90. The Balaban J connectivity index is 2.12. The molecule has 0 aromatic carbocycles. The maximum atomic E-state index is 12.3. The molecule has 2 fully saturated rings. The van der Waals surface area contributed by atoms with Gasteiger partial charge in [-0.1, -0.05) is 13.8 Å². The van der Waals surface area contributed by atoms with E-state index in [1.165, 1.54) is 0 Å². The highest BCUT2D eigenvalue weighted by atomic mass is 16.6. The Morgan fingerprint density at radius 2 is 2.05 bits per heavy atom. The lowest BCUT2D eigenvalue weighted by molar-refractivity contribution is -0.136. The van der Waals surface area contributed by atoms with Crippen LogP contribution in [-0.2, 0) is 9.53 Å². The fourth-order valence-electron chi connectivity index (χ4n) is 3.93. The normalized spacial score (nSPS) is 31.2. The van der Waals surface area contributed by atoms with Crippen molar-refractivity contribution in [2.75, 3.05) is 13.1 Å². The predicted octanol–water partition coefficient (Wildman–Crippen LogP) is 3.14. The van der Waals surface area contributed by atoms with Crippen molar-refractivity contribution in [3.63, 3.8) is 0 Å². The van der Waals surface area contributed by atoms with Crippen LogP contribution in [0.25, 0.3) is 0 Å². The predicted molar refractivity (Wildman–Crippen MR) is 82.0 cm³/mol. The Morgan fingerprint density at radius 3 is 2.59 bits per heavy atom. The SMILES string of the molecule is CC(C)(C)OC(=O)N1CCC2(CC(C#N)C(=O)C(C)(C)C2)C1. The van der Waals surface area contributed by atoms with Gasteiger partial charge in [-0.25, -0.2) is 4.79 Å². The summed E-state index contributed by atoms with van der Waals surface area (Å²) in [5.74, 6) is -0.515. The average Bonchev–Trinajstić information content (AvgIpc) is 2.75. The minimum Gasteiger partial charge on any atom is -0.444 e. The van der Waals surface area contributed by atoms with Crippen molar-refractivity contribution in [2.45, 2.75) is 59.5 Å². The molecule has 1 aliphatic carbocycles. The molecule has 22 heavy (non-hydrogen) atoms. The molecule has 1 heterocycles. The van der Waals surface area contributed by atoms with Crippen LogP contribution in [0.4, 0.5) is 4.79 Å². The number of ether oxygens (including phenoxy) is 1. The summed E-state index contributed by atoms with van der Waals surface area (Å²) in [6, 6.07) is 2.16. The van der Waals surface area contributed by atoms with Crippen LogP contribution in [0.2, 0.25) is 0 Å². The van der Waals surface area contributed by atoms with E-state index in [9.17, 15) is 14.9 Å². The van der Waals surface area contributed by atoms with Crippen LogP contribution in [0.15, 0.2) is 0 Å². The van der Waals surface area contributed by atoms with Gasteiger partial charge < -0.3 is 9.64 Å². The monoisotopic (exact) mass is 306 g/mol. The van der Waals surface area contributed by atoms with Crippen molar-refractivity contribution in [1.29, 1.82) is 5.26 Å². The van der Waals surface area contributed by atoms with Crippen molar-refractivity contribution in [3.8, 4) is 6.07 Å². The lowest BCUT2D eigenvalue weighted by Gasteiger charge is -2.43. The third-order valence-corrected chi connectivity index (χ3v) is 4.68. The molecule has 2 unspecified atom stereocenters. The lowest BCUT2D eigenvalue weighted by atomic mass is 9.59. The molecule has 0 aromatic rings. The molecule has 1 amide bonds. The number of rotatable bonds is 0. The molecule has 1 aliphatic heterocycles. The largest absolute Gasteiger partial charge is 0.444 e. The van der Waals surface area contributed by atoms with Gasteiger partial charge in [-0.2, -0.15) is 5.26 Å². The van der Waals surface area contributed by atoms with Gasteiger partial charge in [0.1, 0.15) is 11.5 Å². The molecule has 0 N–H and O–H groups in total. The van der Waals surface area contributed by atoms with Crippen molar-refractivity contribution >= 4 is 11.9 Å². The van der Waals surface area contributed by atoms with Crippen molar-refractivity contribution < 1.29 is 14.3 Å². The lowest BCUT2D eigenvalue weighted by Crippen LogP contribution is -2.46. The minimum absolute atomic E-state index is 0.0383. The highest BCUT2D eigenvalue weighted by molar-refractivity contribution is 5.89. The molecule has 1 saturated carbocycles. The van der Waals surface area contributed by atoms with E-state index in [-0.39, 0.29) is 17.3 Å². The van der Waals surface area contributed by atoms with E-state index in [0.29, 0.717) is 19.5 Å². The van der Waals surface area contributed by atoms with Crippen LogP contribution >= 0.6 is 0 Å². The van der Waals surface area contributed by atoms with E-state index in [0.717, 1.165) is 12.8 Å². The standard InChI is InChI=1S/C17H26N2O3/c1-15(2,3)22-14(21)19-7-6-17(11-19)8-12(9-18)13(20)16(4,5)10-17/h12H,6-8,10-11H2,1-5H3. The van der Waals surface area contributed by atoms with E-state index in [1.807, 2.05) is 34.6 Å². The molecule has 2 aliphatic rings. The van der Waals surface area contributed by atoms with Crippen LogP contribution in [0.5, 0.6) is 0 Å². The zero-order valence-corrected chi connectivity index (χ0v) is 14.2. The summed E-state index contributed by atoms with van der Waals surface area (Å²) >= 11 is 0. The Kier molecular flexibility index (Phi) is 4.01. The highest BCUT2D eigenvalue weighted by Gasteiger charge is 2.53. The highest BCUT2D eigenvalue weighted by Crippen LogP contribution is 2.51. The van der Waals surface area contributed by atoms with Crippen LogP contribution in [-0.4, -0.2) is 35.5 Å². The smallest absolute Gasteiger partial charge is 0.410 e. The summed E-state index contributed by atoms with van der Waals surface area (Å²) < 4.78 is 5.44. The number of carbonyl (C=O) groups is 2. The van der Waals surface area contributed by atoms with Crippen molar-refractivity contribution in [3.05, 3.63) is 0 Å². The molecule has 5 heteroatoms. The van der Waals surface area contributed by atoms with Gasteiger partial charge in [0, 0.05) is 18.5 Å². The van der Waals surface area contributed by atoms with Crippen LogP contribution in [0.1, 0.15) is 53.9 Å². The third kappa shape index (κ3) is 3.26. The topological polar surface area (TPSA) is 70.4 Å². The first-order chi connectivity index (χ1) is 9.98. The third-order valence-electron chi connectivity index (χ3n) is 4.68. The fourth-order valence-corrected chi connectivity index (χ4v) is 3.93. The van der Waals surface area contributed by atoms with E-state index >= 15 is 0 Å². The van der Waals surface area contributed by atoms with E-state index < -0.39 is 16.9 Å². The number of nitrogens with zero attached hydrogens (tertiary/aromatic N) is 2. The van der Waals surface area contributed by atoms with Gasteiger partial charge in [-0.15, -0.1) is 0 Å². The van der Waals surface area contributed by atoms with Crippen LogP contribution in [0.3, 0.4) is 0 Å². The molecular weight excluding hydrogens is 280 g/mol. The summed E-state index contributed by atoms with van der Waals surface area (Å²) in [5.41, 5.74) is -1.14. The average molecular weight is 306 g/mol. The summed E-state index contributed by atoms with van der Waals surface area (Å²) in [6.45, 7) is 10.6. The quantitative estimate of drug-likeness (QED) is 0.689. The summed E-state index contributed by atoms with van der Waals surface area (Å²) in [7, 11) is 0. The second kappa shape index (κ2) is 5.26. The van der Waals surface area contributed by atoms with Gasteiger partial charge in [0.15, 0.2) is 5.78 Å². The van der Waals surface area contributed by atoms with Gasteiger partial charge >= 0.3 is 6.09 Å². The van der Waals surface area contributed by atoms with E-state index in [4.69, 9.17) is 4.74 Å². The Bertz CT molecular complexity index is 527. The Hall–Kier alpha value is -1.57. The number of ketones is 1. The molecule has 122 valence electrons. The molecule has 1 spiro atoms. The minimum atomic E-state index is -0.553. The second-order valence-corrected chi connectivity index (χ2v) is 8.46. The number of amides is 1. The van der Waals surface area contributed by atoms with Crippen molar-refractivity contribution in [1.82, 2.24) is 4.90 Å². The van der Waals surface area contributed by atoms with Gasteiger partial charge in [0.2, 0.25) is 0 Å². The van der Waals surface area contributed by atoms with E-state index in [1.54, 1.807) is 4.90 Å². The number of likely N-dealkylation sites (tertiary alicyclic amines) is 1. The maximum Gasteiger partial charge on any atom is 0.410 e. The van der Waals surface area contributed by atoms with E-state index in [2.05, 4.69) is 6.07 Å². The maximum absolute atomic E-state index is 12.3. The zero-order chi connectivity index (χ0) is 16.8. The van der Waals surface area contributed by atoms with Crippen LogP contribution < -0.4 is 0 Å². The van der Waals surface area contributed by atoms with Gasteiger partial charge in [0.05, 0.1) is 6.07 Å². The van der Waals surface area contributed by atoms with Gasteiger partial charge in [-0.3, -0.25) is 4.79 Å². The molecular formula is C17H26N2O3. The first-order valence-corrected chi connectivity index (χ1v) is 7.90. The number of hydrogen-bond acceptors (Lipinski definition) is 4. The number of Topliss-reactive ketones (excluding diaryl/α,β-unsaturated/α-hetero) is 1. The Labute approximate surface area is 132 Å². The van der Waals surface area contributed by atoms with Gasteiger partial charge in [-0.05, 0) is 45.4 Å².